The second-order valence-corrected chi connectivity index (χ2v) is 3.49. The molecule has 1 aromatic rings. The van der Waals surface area contributed by atoms with Gasteiger partial charge in [0.05, 0.1) is 24.4 Å². The van der Waals surface area contributed by atoms with E-state index in [9.17, 15) is 4.79 Å². The topological polar surface area (TPSA) is 81.8 Å². The van der Waals surface area contributed by atoms with Crippen LogP contribution in [0.2, 0.25) is 0 Å². The molecule has 0 amide bonds. The molecule has 3 N–H and O–H groups in total. The third-order valence-electron chi connectivity index (χ3n) is 1.85. The summed E-state index contributed by atoms with van der Waals surface area (Å²) in [6.07, 6.45) is 0. The molecule has 0 saturated heterocycles. The number of ether oxygens (including phenoxy) is 2. The van der Waals surface area contributed by atoms with E-state index >= 15 is 0 Å². The van der Waals surface area contributed by atoms with Crippen LogP contribution in [-0.4, -0.2) is 25.3 Å². The van der Waals surface area contributed by atoms with Crippen LogP contribution in [0.25, 0.3) is 0 Å². The summed E-state index contributed by atoms with van der Waals surface area (Å²) in [4.78, 5) is 11.0. The van der Waals surface area contributed by atoms with Gasteiger partial charge in [-0.1, -0.05) is 0 Å². The molecule has 1 aromatic carbocycles. The van der Waals surface area contributed by atoms with Crippen molar-refractivity contribution in [3.8, 4) is 11.5 Å². The maximum Gasteiger partial charge on any atom is 0.340 e. The summed E-state index contributed by atoms with van der Waals surface area (Å²) in [6, 6.07) is 1.50. The summed E-state index contributed by atoms with van der Waals surface area (Å²) in [6.45, 7) is 0. The quantitative estimate of drug-likeness (QED) is 0.822. The number of nitrogens with two attached hydrogens (primary N) is 1. The van der Waals surface area contributed by atoms with Gasteiger partial charge >= 0.3 is 5.97 Å². The predicted molar refractivity (Wildman–Crippen MR) is 58.6 cm³/mol. The Labute approximate surface area is 94.9 Å². The molecule has 0 radical (unpaired) electrons. The molecule has 0 aromatic heterocycles. The lowest BCUT2D eigenvalue weighted by atomic mass is 10.1. The molecule has 5 nitrogen and oxygen atoms in total. The zero-order valence-corrected chi connectivity index (χ0v) is 9.79. The van der Waals surface area contributed by atoms with Crippen molar-refractivity contribution < 1.29 is 19.4 Å². The van der Waals surface area contributed by atoms with Gasteiger partial charge < -0.3 is 20.3 Å². The summed E-state index contributed by atoms with van der Waals surface area (Å²) >= 11 is 3.09. The Balaban J connectivity index is 3.56. The van der Waals surface area contributed by atoms with Crippen LogP contribution in [0.3, 0.4) is 0 Å². The van der Waals surface area contributed by atoms with Crippen LogP contribution in [0, 0.1) is 0 Å². The molecule has 0 fully saturated rings. The number of anilines is 1. The maximum atomic E-state index is 11.0. The van der Waals surface area contributed by atoms with Gasteiger partial charge in [0.2, 0.25) is 0 Å². The van der Waals surface area contributed by atoms with Crippen LogP contribution >= 0.6 is 15.9 Å². The molecule has 15 heavy (non-hydrogen) atoms. The van der Waals surface area contributed by atoms with E-state index in [1.807, 2.05) is 0 Å². The fourth-order valence-electron chi connectivity index (χ4n) is 1.18. The first-order valence-corrected chi connectivity index (χ1v) is 4.75. The Morgan fingerprint density at radius 3 is 2.47 bits per heavy atom. The molecule has 0 aliphatic carbocycles. The largest absolute Gasteiger partial charge is 0.493 e. The normalized spacial score (nSPS) is 9.80. The van der Waals surface area contributed by atoms with Crippen LogP contribution in [0.5, 0.6) is 11.5 Å². The number of aromatic carboxylic acids is 1. The molecule has 6 heteroatoms. The van der Waals surface area contributed by atoms with Gasteiger partial charge in [-0.25, -0.2) is 4.79 Å². The third-order valence-corrected chi connectivity index (χ3v) is 2.70. The van der Waals surface area contributed by atoms with Gasteiger partial charge in [0.15, 0.2) is 11.5 Å². The Kier molecular flexibility index (Phi) is 3.41. The highest BCUT2D eigenvalue weighted by Crippen LogP contribution is 2.39. The SMILES string of the molecule is COc1cc(N)c(Br)c(C(=O)O)c1OC. The lowest BCUT2D eigenvalue weighted by Crippen LogP contribution is -2.06. The zero-order chi connectivity index (χ0) is 11.6. The van der Waals surface area contributed by atoms with Crippen LogP contribution in [0.15, 0.2) is 10.5 Å². The number of nitrogen functional groups attached to an aromatic ring is 1. The van der Waals surface area contributed by atoms with E-state index < -0.39 is 5.97 Å². The summed E-state index contributed by atoms with van der Waals surface area (Å²) in [5, 5.41) is 9.00. The summed E-state index contributed by atoms with van der Waals surface area (Å²) < 4.78 is 10.2. The van der Waals surface area contributed by atoms with E-state index in [2.05, 4.69) is 15.9 Å². The summed E-state index contributed by atoms with van der Waals surface area (Å²) in [5.74, 6) is -0.703. The van der Waals surface area contributed by atoms with Crippen molar-refractivity contribution in [3.63, 3.8) is 0 Å². The summed E-state index contributed by atoms with van der Waals surface area (Å²) in [7, 11) is 2.78. The van der Waals surface area contributed by atoms with Gasteiger partial charge in [0, 0.05) is 6.07 Å². The highest BCUT2D eigenvalue weighted by molar-refractivity contribution is 9.10. The van der Waals surface area contributed by atoms with E-state index in [0.717, 1.165) is 0 Å². The number of rotatable bonds is 3. The number of benzene rings is 1. The van der Waals surface area contributed by atoms with Gasteiger partial charge in [0.25, 0.3) is 0 Å². The van der Waals surface area contributed by atoms with E-state index in [-0.39, 0.29) is 27.2 Å². The van der Waals surface area contributed by atoms with E-state index in [1.54, 1.807) is 0 Å². The minimum atomic E-state index is -1.13. The predicted octanol–water partition coefficient (Wildman–Crippen LogP) is 1.75. The minimum Gasteiger partial charge on any atom is -0.493 e. The van der Waals surface area contributed by atoms with E-state index in [4.69, 9.17) is 20.3 Å². The molecule has 0 heterocycles. The number of carboxylic acids is 1. The monoisotopic (exact) mass is 275 g/mol. The molecule has 1 rings (SSSR count). The Morgan fingerprint density at radius 2 is 2.07 bits per heavy atom. The van der Waals surface area contributed by atoms with Gasteiger partial charge in [-0.15, -0.1) is 0 Å². The zero-order valence-electron chi connectivity index (χ0n) is 8.20. The van der Waals surface area contributed by atoms with E-state index in [0.29, 0.717) is 0 Å². The molecule has 0 unspecified atom stereocenters. The first kappa shape index (κ1) is 11.6. The molecule has 0 atom stereocenters. The minimum absolute atomic E-state index is 0.0469. The molecule has 82 valence electrons. The second kappa shape index (κ2) is 4.39. The van der Waals surface area contributed by atoms with Gasteiger partial charge in [-0.3, -0.25) is 0 Å². The summed E-state index contributed by atoms with van der Waals surface area (Å²) in [5.41, 5.74) is 5.85. The van der Waals surface area contributed by atoms with Gasteiger partial charge in [0.1, 0.15) is 5.56 Å². The number of carboxylic acid groups (broad SMARTS) is 1. The molecule has 0 saturated carbocycles. The molecule has 0 aliphatic heterocycles. The van der Waals surface area contributed by atoms with E-state index in [1.165, 1.54) is 20.3 Å². The Hall–Kier alpha value is -1.43. The average Bonchev–Trinajstić information content (AvgIpc) is 2.20. The Bertz CT molecular complexity index is 406. The first-order valence-electron chi connectivity index (χ1n) is 3.96. The third kappa shape index (κ3) is 1.99. The van der Waals surface area contributed by atoms with Crippen molar-refractivity contribution in [1.82, 2.24) is 0 Å². The maximum absolute atomic E-state index is 11.0. The average molecular weight is 276 g/mol. The van der Waals surface area contributed by atoms with Gasteiger partial charge in [-0.05, 0) is 15.9 Å². The molecular weight excluding hydrogens is 266 g/mol. The number of carbonyl (C=O) groups is 1. The standard InChI is InChI=1S/C9H10BrNO4/c1-14-5-3-4(11)7(10)6(9(12)13)8(5)15-2/h3H,11H2,1-2H3,(H,12,13). The fraction of sp³-hybridized carbons (Fsp3) is 0.222. The second-order valence-electron chi connectivity index (χ2n) is 2.70. The van der Waals surface area contributed by atoms with Crippen LogP contribution in [0.4, 0.5) is 5.69 Å². The molecule has 0 bridgehead atoms. The molecular formula is C9H10BrNO4. The molecule has 0 aliphatic rings. The van der Waals surface area contributed by atoms with Crippen molar-refractivity contribution in [2.75, 3.05) is 20.0 Å². The lowest BCUT2D eigenvalue weighted by Gasteiger charge is -2.13. The van der Waals surface area contributed by atoms with Crippen molar-refractivity contribution in [3.05, 3.63) is 16.1 Å². The highest BCUT2D eigenvalue weighted by Gasteiger charge is 2.22. The number of hydrogen-bond acceptors (Lipinski definition) is 4. The Morgan fingerprint density at radius 1 is 1.47 bits per heavy atom. The number of hydrogen-bond donors (Lipinski definition) is 2. The lowest BCUT2D eigenvalue weighted by molar-refractivity contribution is 0.0691. The van der Waals surface area contributed by atoms with Crippen molar-refractivity contribution in [2.24, 2.45) is 0 Å². The van der Waals surface area contributed by atoms with Crippen LogP contribution in [0.1, 0.15) is 10.4 Å². The van der Waals surface area contributed by atoms with Crippen molar-refractivity contribution in [1.29, 1.82) is 0 Å². The van der Waals surface area contributed by atoms with Crippen LogP contribution < -0.4 is 15.2 Å². The van der Waals surface area contributed by atoms with Crippen molar-refractivity contribution >= 4 is 27.6 Å². The van der Waals surface area contributed by atoms with Gasteiger partial charge in [-0.2, -0.15) is 0 Å². The smallest absolute Gasteiger partial charge is 0.340 e. The first-order chi connectivity index (χ1) is 7.02. The number of halogens is 1. The fourth-order valence-corrected chi connectivity index (χ4v) is 1.65. The number of methoxy groups -OCH3 is 2. The van der Waals surface area contributed by atoms with Crippen LogP contribution in [-0.2, 0) is 0 Å². The van der Waals surface area contributed by atoms with Crippen molar-refractivity contribution in [2.45, 2.75) is 0 Å². The highest BCUT2D eigenvalue weighted by atomic mass is 79.9. The molecule has 0 spiro atoms.